The lowest BCUT2D eigenvalue weighted by molar-refractivity contribution is 0.364. The van der Waals surface area contributed by atoms with Crippen molar-refractivity contribution in [3.63, 3.8) is 0 Å². The number of fused-ring (bicyclic) bond motifs is 1. The lowest BCUT2D eigenvalue weighted by atomic mass is 10.0. The van der Waals surface area contributed by atoms with Gasteiger partial charge in [-0.2, -0.15) is 0 Å². The van der Waals surface area contributed by atoms with Crippen LogP contribution in [-0.2, 0) is 0 Å². The van der Waals surface area contributed by atoms with E-state index in [2.05, 4.69) is 9.97 Å². The van der Waals surface area contributed by atoms with Crippen molar-refractivity contribution in [2.24, 2.45) is 0 Å². The Labute approximate surface area is 134 Å². The number of imidazole rings is 1. The summed E-state index contributed by atoms with van der Waals surface area (Å²) in [4.78, 5) is 17.8. The fourth-order valence-corrected chi connectivity index (χ4v) is 3.16. The third-order valence-electron chi connectivity index (χ3n) is 4.36. The number of aromatic nitrogens is 2. The standard InChI is InChI=1S/C17H14F3N3O/c18-10-5-6-23(8-10)11-3-1-9(2-4-11)14-12(19)7-13-16(15(14)20)22-17(24)21-13/h1-4,7,10H,5-6,8H2,(H2,21,22,24)/t10-/m1/s1. The number of hydrogen-bond donors (Lipinski definition) is 2. The minimum Gasteiger partial charge on any atom is -0.369 e. The van der Waals surface area contributed by atoms with Crippen LogP contribution < -0.4 is 10.6 Å². The SMILES string of the molecule is O=c1[nH]c2cc(F)c(-c3ccc(N4CC[C@@H](F)C4)cc3)c(F)c2[nH]1. The van der Waals surface area contributed by atoms with E-state index < -0.39 is 23.5 Å². The molecular formula is C17H14F3N3O. The van der Waals surface area contributed by atoms with Gasteiger partial charge in [-0.3, -0.25) is 0 Å². The Kier molecular flexibility index (Phi) is 3.37. The van der Waals surface area contributed by atoms with Gasteiger partial charge < -0.3 is 14.9 Å². The Morgan fingerprint density at radius 1 is 1.12 bits per heavy atom. The van der Waals surface area contributed by atoms with E-state index in [1.54, 1.807) is 24.3 Å². The molecule has 3 aromatic rings. The summed E-state index contributed by atoms with van der Waals surface area (Å²) in [6, 6.07) is 7.72. The number of rotatable bonds is 2. The van der Waals surface area contributed by atoms with Gasteiger partial charge in [0.25, 0.3) is 0 Å². The van der Waals surface area contributed by atoms with Crippen molar-refractivity contribution >= 4 is 16.7 Å². The average Bonchev–Trinajstić information content (AvgIpc) is 3.13. The predicted molar refractivity (Wildman–Crippen MR) is 86.0 cm³/mol. The Morgan fingerprint density at radius 3 is 2.54 bits per heavy atom. The zero-order chi connectivity index (χ0) is 16.8. The topological polar surface area (TPSA) is 51.9 Å². The predicted octanol–water partition coefficient (Wildman–Crippen LogP) is 3.35. The molecule has 1 aliphatic heterocycles. The first-order chi connectivity index (χ1) is 11.5. The van der Waals surface area contributed by atoms with Crippen molar-refractivity contribution in [2.45, 2.75) is 12.6 Å². The Morgan fingerprint density at radius 2 is 1.88 bits per heavy atom. The molecule has 1 atom stereocenters. The highest BCUT2D eigenvalue weighted by atomic mass is 19.1. The summed E-state index contributed by atoms with van der Waals surface area (Å²) < 4.78 is 42.2. The lowest BCUT2D eigenvalue weighted by Crippen LogP contribution is -2.19. The lowest BCUT2D eigenvalue weighted by Gasteiger charge is -2.18. The van der Waals surface area contributed by atoms with Crippen LogP contribution in [0.25, 0.3) is 22.2 Å². The van der Waals surface area contributed by atoms with Crippen LogP contribution >= 0.6 is 0 Å². The second kappa shape index (κ2) is 5.43. The number of halogens is 3. The zero-order valence-corrected chi connectivity index (χ0v) is 12.6. The molecule has 0 unspecified atom stereocenters. The largest absolute Gasteiger partial charge is 0.369 e. The van der Waals surface area contributed by atoms with Gasteiger partial charge >= 0.3 is 5.69 Å². The van der Waals surface area contributed by atoms with Crippen molar-refractivity contribution in [3.05, 3.63) is 52.5 Å². The summed E-state index contributed by atoms with van der Waals surface area (Å²) in [5.74, 6) is -1.57. The quantitative estimate of drug-likeness (QED) is 0.756. The highest BCUT2D eigenvalue weighted by molar-refractivity contribution is 5.83. The number of H-pyrrole nitrogens is 2. The van der Waals surface area contributed by atoms with Crippen LogP contribution in [0.1, 0.15) is 6.42 Å². The molecule has 0 spiro atoms. The molecule has 1 saturated heterocycles. The second-order valence-corrected chi connectivity index (χ2v) is 5.93. The fraction of sp³-hybridized carbons (Fsp3) is 0.235. The molecule has 7 heteroatoms. The first-order valence-corrected chi connectivity index (χ1v) is 7.62. The van der Waals surface area contributed by atoms with E-state index in [1.165, 1.54) is 0 Å². The third-order valence-corrected chi connectivity index (χ3v) is 4.36. The second-order valence-electron chi connectivity index (χ2n) is 5.93. The number of nitrogens with zero attached hydrogens (tertiary/aromatic N) is 1. The molecule has 2 aromatic carbocycles. The van der Waals surface area contributed by atoms with Crippen LogP contribution in [0.3, 0.4) is 0 Å². The molecular weight excluding hydrogens is 319 g/mol. The Hall–Kier alpha value is -2.70. The van der Waals surface area contributed by atoms with E-state index in [0.717, 1.165) is 11.8 Å². The summed E-state index contributed by atoms with van der Waals surface area (Å²) in [6.45, 7) is 0.957. The van der Waals surface area contributed by atoms with Gasteiger partial charge in [0.15, 0.2) is 5.82 Å². The van der Waals surface area contributed by atoms with Gasteiger partial charge in [-0.25, -0.2) is 18.0 Å². The van der Waals surface area contributed by atoms with Crippen LogP contribution in [0, 0.1) is 11.6 Å². The van der Waals surface area contributed by atoms with Crippen LogP contribution in [0.4, 0.5) is 18.9 Å². The van der Waals surface area contributed by atoms with Crippen LogP contribution in [0.2, 0.25) is 0 Å². The molecule has 0 bridgehead atoms. The summed E-state index contributed by atoms with van der Waals surface area (Å²) >= 11 is 0. The first kappa shape index (κ1) is 14.9. The highest BCUT2D eigenvalue weighted by Crippen LogP contribution is 2.32. The van der Waals surface area contributed by atoms with Gasteiger partial charge in [-0.1, -0.05) is 12.1 Å². The number of hydrogen-bond acceptors (Lipinski definition) is 2. The van der Waals surface area contributed by atoms with Crippen molar-refractivity contribution in [3.8, 4) is 11.1 Å². The molecule has 1 aromatic heterocycles. The van der Waals surface area contributed by atoms with E-state index in [-0.39, 0.29) is 16.6 Å². The van der Waals surface area contributed by atoms with E-state index in [0.29, 0.717) is 25.1 Å². The van der Waals surface area contributed by atoms with Gasteiger partial charge in [-0.15, -0.1) is 0 Å². The van der Waals surface area contributed by atoms with Gasteiger partial charge in [0, 0.05) is 24.8 Å². The molecule has 0 saturated carbocycles. The monoisotopic (exact) mass is 333 g/mol. The molecule has 0 amide bonds. The van der Waals surface area contributed by atoms with Crippen LogP contribution in [0.15, 0.2) is 35.1 Å². The van der Waals surface area contributed by atoms with Crippen LogP contribution in [0.5, 0.6) is 0 Å². The van der Waals surface area contributed by atoms with E-state index in [9.17, 15) is 18.0 Å². The van der Waals surface area contributed by atoms with Gasteiger partial charge in [-0.05, 0) is 24.1 Å². The normalized spacial score (nSPS) is 17.8. The molecule has 1 fully saturated rings. The van der Waals surface area contributed by atoms with Crippen LogP contribution in [-0.4, -0.2) is 29.2 Å². The van der Waals surface area contributed by atoms with Crippen molar-refractivity contribution in [2.75, 3.05) is 18.0 Å². The molecule has 0 radical (unpaired) electrons. The Balaban J connectivity index is 1.76. The highest BCUT2D eigenvalue weighted by Gasteiger charge is 2.22. The molecule has 1 aliphatic rings. The summed E-state index contributed by atoms with van der Waals surface area (Å²) in [5.41, 5.74) is 0.408. The van der Waals surface area contributed by atoms with Gasteiger partial charge in [0.1, 0.15) is 17.5 Å². The van der Waals surface area contributed by atoms with Gasteiger partial charge in [0.05, 0.1) is 11.1 Å². The Bertz CT molecular complexity index is 962. The minimum absolute atomic E-state index is 0.0553. The van der Waals surface area contributed by atoms with E-state index in [4.69, 9.17) is 0 Å². The van der Waals surface area contributed by atoms with Crippen molar-refractivity contribution in [1.82, 2.24) is 9.97 Å². The minimum atomic E-state index is -0.840. The molecule has 24 heavy (non-hydrogen) atoms. The number of nitrogens with one attached hydrogen (secondary N) is 2. The van der Waals surface area contributed by atoms with E-state index >= 15 is 0 Å². The van der Waals surface area contributed by atoms with E-state index in [1.807, 2.05) is 4.90 Å². The number of anilines is 1. The molecule has 4 rings (SSSR count). The molecule has 0 aliphatic carbocycles. The molecule has 2 heterocycles. The summed E-state index contributed by atoms with van der Waals surface area (Å²) in [7, 11) is 0. The maximum atomic E-state index is 14.6. The maximum absolute atomic E-state index is 14.6. The smallest absolute Gasteiger partial charge is 0.323 e. The number of aromatic amines is 2. The third kappa shape index (κ3) is 2.36. The number of alkyl halides is 1. The average molecular weight is 333 g/mol. The fourth-order valence-electron chi connectivity index (χ4n) is 3.16. The molecule has 124 valence electrons. The maximum Gasteiger partial charge on any atom is 0.323 e. The molecule has 4 nitrogen and oxygen atoms in total. The first-order valence-electron chi connectivity index (χ1n) is 7.62. The summed E-state index contributed by atoms with van der Waals surface area (Å²) in [6.07, 6.45) is -0.352. The zero-order valence-electron chi connectivity index (χ0n) is 12.6. The molecule has 2 N–H and O–H groups in total. The van der Waals surface area contributed by atoms with Crippen molar-refractivity contribution < 1.29 is 13.2 Å². The van der Waals surface area contributed by atoms with Gasteiger partial charge in [0.2, 0.25) is 0 Å². The van der Waals surface area contributed by atoms with Crippen molar-refractivity contribution in [1.29, 1.82) is 0 Å². The summed E-state index contributed by atoms with van der Waals surface area (Å²) in [5, 5.41) is 0. The number of benzene rings is 2.